The Morgan fingerprint density at radius 2 is 1.95 bits per heavy atom. The third kappa shape index (κ3) is 3.19. The van der Waals surface area contributed by atoms with Crippen molar-refractivity contribution in [2.45, 2.75) is 19.9 Å². The molecule has 0 unspecified atom stereocenters. The Balaban J connectivity index is 2.19. The molecule has 0 saturated heterocycles. The van der Waals surface area contributed by atoms with Gasteiger partial charge < -0.3 is 5.32 Å². The topological polar surface area (TPSA) is 29.9 Å². The summed E-state index contributed by atoms with van der Waals surface area (Å²) >= 11 is 11.9. The van der Waals surface area contributed by atoms with Crippen LogP contribution in [0, 0.1) is 5.82 Å². The largest absolute Gasteiger partial charge is 0.378 e. The first kappa shape index (κ1) is 14.2. The van der Waals surface area contributed by atoms with Gasteiger partial charge in [-0.2, -0.15) is 5.10 Å². The number of hydrogen-bond donors (Lipinski definition) is 1. The predicted octanol–water partition coefficient (Wildman–Crippen LogP) is 4.04. The number of nitrogens with one attached hydrogen (secondary N) is 1. The highest BCUT2D eigenvalue weighted by Crippen LogP contribution is 2.31. The molecular formula is C13H14Cl2FN3. The van der Waals surface area contributed by atoms with Gasteiger partial charge in [0.15, 0.2) is 0 Å². The molecule has 0 aliphatic carbocycles. The molecule has 0 aliphatic rings. The van der Waals surface area contributed by atoms with Crippen molar-refractivity contribution in [2.24, 2.45) is 7.05 Å². The number of aryl methyl sites for hydroxylation is 2. The highest BCUT2D eigenvalue weighted by atomic mass is 35.5. The molecule has 1 aromatic carbocycles. The summed E-state index contributed by atoms with van der Waals surface area (Å²) in [6, 6.07) is 2.47. The zero-order valence-electron chi connectivity index (χ0n) is 10.7. The first-order chi connectivity index (χ1) is 9.01. The Labute approximate surface area is 121 Å². The summed E-state index contributed by atoms with van der Waals surface area (Å²) in [7, 11) is 1.88. The van der Waals surface area contributed by atoms with E-state index in [-0.39, 0.29) is 10.0 Å². The lowest BCUT2D eigenvalue weighted by atomic mass is 10.2. The summed E-state index contributed by atoms with van der Waals surface area (Å²) in [4.78, 5) is 0. The minimum absolute atomic E-state index is 0.270. The van der Waals surface area contributed by atoms with E-state index in [1.54, 1.807) is 4.68 Å². The molecule has 0 amide bonds. The zero-order valence-corrected chi connectivity index (χ0v) is 12.2. The molecule has 3 nitrogen and oxygen atoms in total. The van der Waals surface area contributed by atoms with Gasteiger partial charge in [-0.05, 0) is 18.6 Å². The molecule has 1 N–H and O–H groups in total. The molecule has 102 valence electrons. The lowest BCUT2D eigenvalue weighted by molar-refractivity contribution is 0.628. The van der Waals surface area contributed by atoms with Crippen LogP contribution in [-0.4, -0.2) is 9.78 Å². The van der Waals surface area contributed by atoms with Gasteiger partial charge in [-0.25, -0.2) is 4.39 Å². The summed E-state index contributed by atoms with van der Waals surface area (Å²) in [5.74, 6) is -0.448. The Kier molecular flexibility index (Phi) is 4.32. The molecule has 1 heterocycles. The molecule has 2 aromatic rings. The van der Waals surface area contributed by atoms with Crippen LogP contribution in [0.4, 0.5) is 10.1 Å². The Bertz CT molecular complexity index is 573. The first-order valence-electron chi connectivity index (χ1n) is 5.91. The maximum absolute atomic E-state index is 13.1. The molecule has 6 heteroatoms. The number of aromatic nitrogens is 2. The quantitative estimate of drug-likeness (QED) is 0.923. The van der Waals surface area contributed by atoms with Gasteiger partial charge in [0.1, 0.15) is 5.82 Å². The third-order valence-electron chi connectivity index (χ3n) is 2.79. The fourth-order valence-corrected chi connectivity index (χ4v) is 2.52. The Hall–Kier alpha value is -1.26. The van der Waals surface area contributed by atoms with Gasteiger partial charge in [-0.3, -0.25) is 4.68 Å². The van der Waals surface area contributed by atoms with E-state index in [0.717, 1.165) is 17.7 Å². The average molecular weight is 302 g/mol. The fraction of sp³-hybridized carbons (Fsp3) is 0.308. The fourth-order valence-electron chi connectivity index (χ4n) is 1.92. The van der Waals surface area contributed by atoms with Crippen molar-refractivity contribution in [3.63, 3.8) is 0 Å². The zero-order chi connectivity index (χ0) is 14.0. The van der Waals surface area contributed by atoms with Crippen LogP contribution in [0.15, 0.2) is 18.3 Å². The van der Waals surface area contributed by atoms with Gasteiger partial charge in [0, 0.05) is 25.4 Å². The number of anilines is 1. The molecule has 0 fully saturated rings. The van der Waals surface area contributed by atoms with Gasteiger partial charge in [-0.1, -0.05) is 30.1 Å². The molecule has 0 atom stereocenters. The van der Waals surface area contributed by atoms with Crippen molar-refractivity contribution < 1.29 is 4.39 Å². The van der Waals surface area contributed by atoms with Crippen molar-refractivity contribution in [1.82, 2.24) is 9.78 Å². The minimum Gasteiger partial charge on any atom is -0.378 e. The predicted molar refractivity (Wildman–Crippen MR) is 76.3 cm³/mol. The van der Waals surface area contributed by atoms with E-state index in [1.807, 2.05) is 20.2 Å². The van der Waals surface area contributed by atoms with Crippen LogP contribution in [0.25, 0.3) is 0 Å². The highest BCUT2D eigenvalue weighted by Gasteiger charge is 2.10. The van der Waals surface area contributed by atoms with Crippen molar-refractivity contribution in [1.29, 1.82) is 0 Å². The summed E-state index contributed by atoms with van der Waals surface area (Å²) in [6.45, 7) is 2.59. The van der Waals surface area contributed by atoms with Crippen LogP contribution in [-0.2, 0) is 20.0 Å². The Morgan fingerprint density at radius 1 is 1.32 bits per heavy atom. The minimum atomic E-state index is -0.448. The molecular weight excluding hydrogens is 288 g/mol. The Morgan fingerprint density at radius 3 is 2.53 bits per heavy atom. The van der Waals surface area contributed by atoms with E-state index < -0.39 is 5.82 Å². The molecule has 0 spiro atoms. The van der Waals surface area contributed by atoms with E-state index in [2.05, 4.69) is 10.4 Å². The second-order valence-corrected chi connectivity index (χ2v) is 5.04. The van der Waals surface area contributed by atoms with Crippen LogP contribution >= 0.6 is 23.2 Å². The monoisotopic (exact) mass is 301 g/mol. The lowest BCUT2D eigenvalue weighted by Gasteiger charge is -2.10. The number of rotatable bonds is 4. The van der Waals surface area contributed by atoms with Crippen molar-refractivity contribution in [2.75, 3.05) is 5.32 Å². The second kappa shape index (κ2) is 5.80. The van der Waals surface area contributed by atoms with Crippen LogP contribution in [0.5, 0.6) is 0 Å². The van der Waals surface area contributed by atoms with Crippen LogP contribution < -0.4 is 5.32 Å². The van der Waals surface area contributed by atoms with E-state index in [4.69, 9.17) is 23.2 Å². The van der Waals surface area contributed by atoms with E-state index in [9.17, 15) is 4.39 Å². The third-order valence-corrected chi connectivity index (χ3v) is 3.39. The molecule has 19 heavy (non-hydrogen) atoms. The summed E-state index contributed by atoms with van der Waals surface area (Å²) in [6.07, 6.45) is 2.79. The standard InChI is InChI=1S/C13H14Cl2FN3/c1-3-12-8(7-19(2)18-12)6-17-13-10(14)4-9(16)5-11(13)15/h4-5,7,17H,3,6H2,1-2H3. The smallest absolute Gasteiger partial charge is 0.126 e. The SMILES string of the molecule is CCc1nn(C)cc1CNc1c(Cl)cc(F)cc1Cl. The summed E-state index contributed by atoms with van der Waals surface area (Å²) in [5, 5.41) is 8.02. The molecule has 0 saturated carbocycles. The molecule has 0 radical (unpaired) electrons. The van der Waals surface area contributed by atoms with E-state index >= 15 is 0 Å². The number of nitrogens with zero attached hydrogens (tertiary/aromatic N) is 2. The van der Waals surface area contributed by atoms with Gasteiger partial charge in [-0.15, -0.1) is 0 Å². The van der Waals surface area contributed by atoms with Crippen LogP contribution in [0.3, 0.4) is 0 Å². The van der Waals surface area contributed by atoms with Gasteiger partial charge in [0.2, 0.25) is 0 Å². The van der Waals surface area contributed by atoms with E-state index in [0.29, 0.717) is 12.2 Å². The number of hydrogen-bond acceptors (Lipinski definition) is 2. The number of benzene rings is 1. The van der Waals surface area contributed by atoms with Crippen molar-refractivity contribution in [3.8, 4) is 0 Å². The van der Waals surface area contributed by atoms with Crippen molar-refractivity contribution >= 4 is 28.9 Å². The first-order valence-corrected chi connectivity index (χ1v) is 6.66. The van der Waals surface area contributed by atoms with Gasteiger partial charge in [0.05, 0.1) is 21.4 Å². The second-order valence-electron chi connectivity index (χ2n) is 4.23. The van der Waals surface area contributed by atoms with Crippen molar-refractivity contribution in [3.05, 3.63) is 45.4 Å². The molecule has 2 rings (SSSR count). The maximum atomic E-state index is 13.1. The highest BCUT2D eigenvalue weighted by molar-refractivity contribution is 6.39. The van der Waals surface area contributed by atoms with Crippen LogP contribution in [0.2, 0.25) is 10.0 Å². The average Bonchev–Trinajstić information content (AvgIpc) is 2.68. The van der Waals surface area contributed by atoms with Gasteiger partial charge >= 0.3 is 0 Å². The van der Waals surface area contributed by atoms with E-state index in [1.165, 1.54) is 12.1 Å². The number of halogens is 3. The lowest BCUT2D eigenvalue weighted by Crippen LogP contribution is -2.02. The molecule has 0 bridgehead atoms. The maximum Gasteiger partial charge on any atom is 0.126 e. The van der Waals surface area contributed by atoms with Crippen LogP contribution in [0.1, 0.15) is 18.2 Å². The molecule has 1 aromatic heterocycles. The van der Waals surface area contributed by atoms with Gasteiger partial charge in [0.25, 0.3) is 0 Å². The summed E-state index contributed by atoms with van der Waals surface area (Å²) < 4.78 is 14.9. The summed E-state index contributed by atoms with van der Waals surface area (Å²) in [5.41, 5.74) is 2.63. The molecule has 0 aliphatic heterocycles. The normalized spacial score (nSPS) is 10.8.